The molecule has 0 spiro atoms. The normalized spacial score (nSPS) is 10.3. The topological polar surface area (TPSA) is 70.2 Å². The van der Waals surface area contributed by atoms with Crippen molar-refractivity contribution in [2.24, 2.45) is 0 Å². The van der Waals surface area contributed by atoms with Crippen LogP contribution in [0.4, 0.5) is 11.4 Å². The van der Waals surface area contributed by atoms with Gasteiger partial charge in [0, 0.05) is 28.5 Å². The number of hydrogen-bond acceptors (Lipinski definition) is 3. The number of benzene rings is 3. The Bertz CT molecular complexity index is 989. The first-order valence-electron chi connectivity index (χ1n) is 9.24. The molecule has 2 amide bonds. The van der Waals surface area contributed by atoms with Crippen LogP contribution in [0.25, 0.3) is 0 Å². The van der Waals surface area contributed by atoms with E-state index >= 15 is 0 Å². The van der Waals surface area contributed by atoms with Crippen LogP contribution in [0.15, 0.2) is 72.8 Å². The zero-order chi connectivity index (χ0) is 20.6. The van der Waals surface area contributed by atoms with Crippen molar-refractivity contribution < 1.29 is 9.59 Å². The van der Waals surface area contributed by atoms with E-state index in [-0.39, 0.29) is 18.4 Å². The van der Waals surface area contributed by atoms with Crippen LogP contribution in [0.5, 0.6) is 0 Å². The number of carbonyl (C=O) groups excluding carboxylic acids is 2. The van der Waals surface area contributed by atoms with Gasteiger partial charge in [-0.05, 0) is 54.4 Å². The van der Waals surface area contributed by atoms with Crippen molar-refractivity contribution in [1.82, 2.24) is 5.32 Å². The van der Waals surface area contributed by atoms with E-state index in [4.69, 9.17) is 11.6 Å². The lowest BCUT2D eigenvalue weighted by atomic mass is 10.1. The van der Waals surface area contributed by atoms with Crippen molar-refractivity contribution in [3.8, 4) is 0 Å². The van der Waals surface area contributed by atoms with Gasteiger partial charge in [-0.25, -0.2) is 0 Å². The van der Waals surface area contributed by atoms with Crippen LogP contribution in [0.1, 0.15) is 21.5 Å². The van der Waals surface area contributed by atoms with Gasteiger partial charge in [-0.15, -0.1) is 0 Å². The van der Waals surface area contributed by atoms with E-state index in [1.165, 1.54) is 0 Å². The lowest BCUT2D eigenvalue weighted by molar-refractivity contribution is -0.114. The molecule has 0 aromatic heterocycles. The molecule has 0 aliphatic rings. The van der Waals surface area contributed by atoms with Gasteiger partial charge in [-0.3, -0.25) is 9.59 Å². The molecule has 0 aliphatic carbocycles. The minimum atomic E-state index is -0.189. The van der Waals surface area contributed by atoms with Crippen molar-refractivity contribution in [3.63, 3.8) is 0 Å². The van der Waals surface area contributed by atoms with Gasteiger partial charge in [0.05, 0.1) is 6.54 Å². The predicted molar refractivity (Wildman–Crippen MR) is 117 cm³/mol. The van der Waals surface area contributed by atoms with E-state index in [2.05, 4.69) is 16.0 Å². The first-order valence-corrected chi connectivity index (χ1v) is 9.62. The quantitative estimate of drug-likeness (QED) is 0.534. The van der Waals surface area contributed by atoms with Gasteiger partial charge in [-0.1, -0.05) is 48.0 Å². The summed E-state index contributed by atoms with van der Waals surface area (Å²) in [6, 6.07) is 22.0. The first kappa shape index (κ1) is 20.4. The molecule has 5 nitrogen and oxygen atoms in total. The number of anilines is 2. The largest absolute Gasteiger partial charge is 0.376 e. The Morgan fingerprint density at radius 2 is 1.62 bits per heavy atom. The molecule has 29 heavy (non-hydrogen) atoms. The van der Waals surface area contributed by atoms with E-state index < -0.39 is 0 Å². The smallest absolute Gasteiger partial charge is 0.251 e. The number of nitrogens with one attached hydrogen (secondary N) is 3. The minimum absolute atomic E-state index is 0.112. The third kappa shape index (κ3) is 5.83. The Hall–Kier alpha value is -3.31. The summed E-state index contributed by atoms with van der Waals surface area (Å²) in [5, 5.41) is 9.41. The van der Waals surface area contributed by atoms with E-state index in [1.54, 1.807) is 30.3 Å². The molecule has 0 heterocycles. The Kier molecular flexibility index (Phi) is 6.87. The highest BCUT2D eigenvalue weighted by molar-refractivity contribution is 6.31. The van der Waals surface area contributed by atoms with Gasteiger partial charge in [-0.2, -0.15) is 0 Å². The monoisotopic (exact) mass is 407 g/mol. The van der Waals surface area contributed by atoms with Crippen LogP contribution in [0, 0.1) is 6.92 Å². The minimum Gasteiger partial charge on any atom is -0.376 e. The first-order chi connectivity index (χ1) is 14.0. The highest BCUT2D eigenvalue weighted by Gasteiger charge is 2.08. The summed E-state index contributed by atoms with van der Waals surface area (Å²) in [6.45, 7) is 2.47. The second kappa shape index (κ2) is 9.75. The molecule has 6 heteroatoms. The molecule has 3 rings (SSSR count). The van der Waals surface area contributed by atoms with Gasteiger partial charge in [0.2, 0.25) is 5.91 Å². The molecule has 0 unspecified atom stereocenters. The van der Waals surface area contributed by atoms with Crippen LogP contribution in [0.2, 0.25) is 5.02 Å². The van der Waals surface area contributed by atoms with E-state index in [0.29, 0.717) is 22.8 Å². The van der Waals surface area contributed by atoms with Crippen molar-refractivity contribution in [2.45, 2.75) is 13.5 Å². The number of hydrogen-bond donors (Lipinski definition) is 3. The van der Waals surface area contributed by atoms with Gasteiger partial charge >= 0.3 is 0 Å². The van der Waals surface area contributed by atoms with Crippen LogP contribution >= 0.6 is 11.6 Å². The van der Waals surface area contributed by atoms with Gasteiger partial charge in [0.25, 0.3) is 5.91 Å². The Morgan fingerprint density at radius 3 is 2.34 bits per heavy atom. The molecule has 0 radical (unpaired) electrons. The summed E-state index contributed by atoms with van der Waals surface area (Å²) >= 11 is 6.08. The summed E-state index contributed by atoms with van der Waals surface area (Å²) in [5.41, 5.74) is 3.91. The number of amides is 2. The predicted octanol–water partition coefficient (Wildman–Crippen LogP) is 4.63. The lowest BCUT2D eigenvalue weighted by Crippen LogP contribution is -2.23. The summed E-state index contributed by atoms with van der Waals surface area (Å²) in [7, 11) is 0. The maximum atomic E-state index is 12.3. The fraction of sp³-hybridized carbons (Fsp3) is 0.130. The third-order valence-electron chi connectivity index (χ3n) is 4.43. The van der Waals surface area contributed by atoms with Gasteiger partial charge in [0.15, 0.2) is 0 Å². The Balaban J connectivity index is 1.50. The number of halogens is 1. The van der Waals surface area contributed by atoms with Gasteiger partial charge in [0.1, 0.15) is 0 Å². The summed E-state index contributed by atoms with van der Waals surface area (Å²) in [6.07, 6.45) is 0. The number of carbonyl (C=O) groups is 2. The second-order valence-corrected chi connectivity index (χ2v) is 6.97. The molecular formula is C23H22ClN3O2. The summed E-state index contributed by atoms with van der Waals surface area (Å²) < 4.78 is 0. The second-order valence-electron chi connectivity index (χ2n) is 6.56. The van der Waals surface area contributed by atoms with E-state index in [9.17, 15) is 9.59 Å². The molecule has 148 valence electrons. The molecular weight excluding hydrogens is 386 g/mol. The highest BCUT2D eigenvalue weighted by Crippen LogP contribution is 2.22. The summed E-state index contributed by atoms with van der Waals surface area (Å²) in [4.78, 5) is 24.4. The van der Waals surface area contributed by atoms with Crippen LogP contribution in [0.3, 0.4) is 0 Å². The average molecular weight is 408 g/mol. The van der Waals surface area contributed by atoms with Crippen molar-refractivity contribution in [2.75, 3.05) is 17.2 Å². The zero-order valence-corrected chi connectivity index (χ0v) is 16.8. The van der Waals surface area contributed by atoms with Crippen LogP contribution < -0.4 is 16.0 Å². The standard InChI is InChI=1S/C23H22ClN3O2/c1-16-20(24)8-5-9-21(16)25-15-22(28)27-19-12-10-18(11-13-19)23(29)26-14-17-6-3-2-4-7-17/h2-13,25H,14-15H2,1H3,(H,26,29)(H,27,28). The van der Waals surface area contributed by atoms with Crippen LogP contribution in [-0.4, -0.2) is 18.4 Å². The Labute approximate surface area is 175 Å². The van der Waals surface area contributed by atoms with Crippen molar-refractivity contribution in [1.29, 1.82) is 0 Å². The molecule has 3 aromatic carbocycles. The molecule has 0 saturated carbocycles. The highest BCUT2D eigenvalue weighted by atomic mass is 35.5. The molecule has 0 bridgehead atoms. The maximum Gasteiger partial charge on any atom is 0.251 e. The lowest BCUT2D eigenvalue weighted by Gasteiger charge is -2.11. The van der Waals surface area contributed by atoms with Crippen molar-refractivity contribution >= 4 is 34.8 Å². The molecule has 3 aromatic rings. The average Bonchev–Trinajstić information content (AvgIpc) is 2.74. The maximum absolute atomic E-state index is 12.3. The number of rotatable bonds is 7. The Morgan fingerprint density at radius 1 is 0.897 bits per heavy atom. The third-order valence-corrected chi connectivity index (χ3v) is 4.84. The fourth-order valence-corrected chi connectivity index (χ4v) is 2.94. The van der Waals surface area contributed by atoms with E-state index in [1.807, 2.05) is 49.4 Å². The molecule has 0 saturated heterocycles. The molecule has 0 atom stereocenters. The molecule has 0 aliphatic heterocycles. The summed E-state index contributed by atoms with van der Waals surface area (Å²) in [5.74, 6) is -0.351. The van der Waals surface area contributed by atoms with Crippen LogP contribution in [-0.2, 0) is 11.3 Å². The fourth-order valence-electron chi connectivity index (χ4n) is 2.76. The van der Waals surface area contributed by atoms with E-state index in [0.717, 1.165) is 16.8 Å². The van der Waals surface area contributed by atoms with Crippen molar-refractivity contribution in [3.05, 3.63) is 94.5 Å². The zero-order valence-electron chi connectivity index (χ0n) is 16.0. The molecule has 0 fully saturated rings. The molecule has 3 N–H and O–H groups in total. The SMILES string of the molecule is Cc1c(Cl)cccc1NCC(=O)Nc1ccc(C(=O)NCc2ccccc2)cc1. The van der Waals surface area contributed by atoms with Gasteiger partial charge < -0.3 is 16.0 Å².